The Hall–Kier alpha value is -2.50. The SMILES string of the molecule is COC(=O)c1[nH]c(=O)n(C)c1-c1ccccc1O. The van der Waals surface area contributed by atoms with Gasteiger partial charge in [-0.3, -0.25) is 9.55 Å². The standard InChI is InChI=1S/C12H12N2O4/c1-14-10(7-5-3-4-6-8(7)15)9(11(16)18-2)13-12(14)17/h3-6,15H,1-2H3,(H,13,17). The van der Waals surface area contributed by atoms with Gasteiger partial charge in [-0.15, -0.1) is 0 Å². The van der Waals surface area contributed by atoms with Gasteiger partial charge in [0.05, 0.1) is 12.8 Å². The number of hydrogen-bond acceptors (Lipinski definition) is 4. The number of carbonyl (C=O) groups is 1. The lowest BCUT2D eigenvalue weighted by Crippen LogP contribution is -2.13. The smallest absolute Gasteiger partial charge is 0.356 e. The highest BCUT2D eigenvalue weighted by atomic mass is 16.5. The zero-order valence-electron chi connectivity index (χ0n) is 9.93. The molecule has 0 saturated heterocycles. The van der Waals surface area contributed by atoms with Crippen LogP contribution in [0.1, 0.15) is 10.5 Å². The van der Waals surface area contributed by atoms with E-state index in [1.54, 1.807) is 18.2 Å². The fourth-order valence-corrected chi connectivity index (χ4v) is 1.76. The Labute approximate surface area is 102 Å². The van der Waals surface area contributed by atoms with Crippen LogP contribution in [0, 0.1) is 0 Å². The lowest BCUT2D eigenvalue weighted by Gasteiger charge is -2.06. The minimum atomic E-state index is -0.661. The van der Waals surface area contributed by atoms with Crippen LogP contribution >= 0.6 is 0 Å². The predicted molar refractivity (Wildman–Crippen MR) is 64.5 cm³/mol. The first-order valence-electron chi connectivity index (χ1n) is 5.22. The molecule has 0 aliphatic heterocycles. The monoisotopic (exact) mass is 248 g/mol. The number of H-pyrrole nitrogens is 1. The van der Waals surface area contributed by atoms with Crippen molar-refractivity contribution in [2.45, 2.75) is 0 Å². The van der Waals surface area contributed by atoms with Crippen LogP contribution in [0.5, 0.6) is 5.75 Å². The second-order valence-electron chi connectivity index (χ2n) is 3.72. The average molecular weight is 248 g/mol. The summed E-state index contributed by atoms with van der Waals surface area (Å²) in [4.78, 5) is 25.6. The minimum absolute atomic E-state index is 0.0164. The minimum Gasteiger partial charge on any atom is -0.507 e. The third-order valence-corrected chi connectivity index (χ3v) is 2.66. The zero-order chi connectivity index (χ0) is 13.3. The molecule has 2 rings (SSSR count). The number of phenols is 1. The topological polar surface area (TPSA) is 84.3 Å². The summed E-state index contributed by atoms with van der Waals surface area (Å²) in [5.41, 5.74) is 0.254. The maximum atomic E-state index is 11.6. The quantitative estimate of drug-likeness (QED) is 0.772. The Kier molecular flexibility index (Phi) is 2.93. The second-order valence-corrected chi connectivity index (χ2v) is 3.72. The molecule has 2 N–H and O–H groups in total. The van der Waals surface area contributed by atoms with Crippen LogP contribution in [0.2, 0.25) is 0 Å². The van der Waals surface area contributed by atoms with Gasteiger partial charge in [0.25, 0.3) is 0 Å². The van der Waals surface area contributed by atoms with Crippen molar-refractivity contribution in [1.82, 2.24) is 9.55 Å². The van der Waals surface area contributed by atoms with E-state index >= 15 is 0 Å². The van der Waals surface area contributed by atoms with E-state index in [9.17, 15) is 14.7 Å². The van der Waals surface area contributed by atoms with E-state index in [0.29, 0.717) is 11.3 Å². The third kappa shape index (κ3) is 1.77. The van der Waals surface area contributed by atoms with Crippen LogP contribution in [0.4, 0.5) is 0 Å². The lowest BCUT2D eigenvalue weighted by molar-refractivity contribution is 0.0595. The van der Waals surface area contributed by atoms with Crippen molar-refractivity contribution in [3.63, 3.8) is 0 Å². The number of carbonyl (C=O) groups excluding carboxylic acids is 1. The summed E-state index contributed by atoms with van der Waals surface area (Å²) < 4.78 is 5.85. The maximum absolute atomic E-state index is 11.6. The van der Waals surface area contributed by atoms with Gasteiger partial charge in [-0.25, -0.2) is 9.59 Å². The van der Waals surface area contributed by atoms with Crippen molar-refractivity contribution in [1.29, 1.82) is 0 Å². The largest absolute Gasteiger partial charge is 0.507 e. The van der Waals surface area contributed by atoms with Crippen molar-refractivity contribution in [3.05, 3.63) is 40.4 Å². The number of aromatic amines is 1. The van der Waals surface area contributed by atoms with Crippen LogP contribution < -0.4 is 5.69 Å². The van der Waals surface area contributed by atoms with E-state index in [1.165, 1.54) is 24.8 Å². The number of nitrogens with zero attached hydrogens (tertiary/aromatic N) is 1. The molecule has 0 fully saturated rings. The van der Waals surface area contributed by atoms with Gasteiger partial charge in [-0.05, 0) is 12.1 Å². The molecule has 0 spiro atoms. The predicted octanol–water partition coefficient (Wildman–Crippen LogP) is 0.873. The number of esters is 1. The Balaban J connectivity index is 2.75. The molecule has 0 saturated carbocycles. The molecule has 0 amide bonds. The first-order valence-corrected chi connectivity index (χ1v) is 5.22. The lowest BCUT2D eigenvalue weighted by atomic mass is 10.1. The van der Waals surface area contributed by atoms with Gasteiger partial charge in [-0.2, -0.15) is 0 Å². The third-order valence-electron chi connectivity index (χ3n) is 2.66. The number of phenolic OH excluding ortho intramolecular Hbond substituents is 1. The molecule has 1 heterocycles. The van der Waals surface area contributed by atoms with Gasteiger partial charge in [0.1, 0.15) is 5.75 Å². The molecule has 2 aromatic rings. The Morgan fingerprint density at radius 2 is 2.06 bits per heavy atom. The summed E-state index contributed by atoms with van der Waals surface area (Å²) >= 11 is 0. The van der Waals surface area contributed by atoms with Crippen molar-refractivity contribution >= 4 is 5.97 Å². The molecular weight excluding hydrogens is 236 g/mol. The molecule has 94 valence electrons. The molecule has 0 aliphatic carbocycles. The first kappa shape index (κ1) is 12.0. The molecule has 0 bridgehead atoms. The molecule has 18 heavy (non-hydrogen) atoms. The number of rotatable bonds is 2. The highest BCUT2D eigenvalue weighted by Gasteiger charge is 2.21. The molecule has 0 unspecified atom stereocenters. The summed E-state index contributed by atoms with van der Waals surface area (Å²) in [6.45, 7) is 0. The van der Waals surface area contributed by atoms with Gasteiger partial charge in [0, 0.05) is 12.6 Å². The van der Waals surface area contributed by atoms with Gasteiger partial charge < -0.3 is 9.84 Å². The van der Waals surface area contributed by atoms with E-state index in [-0.39, 0.29) is 11.4 Å². The fraction of sp³-hybridized carbons (Fsp3) is 0.167. The van der Waals surface area contributed by atoms with Crippen molar-refractivity contribution < 1.29 is 14.6 Å². The van der Waals surface area contributed by atoms with Crippen molar-refractivity contribution in [3.8, 4) is 17.0 Å². The van der Waals surface area contributed by atoms with Gasteiger partial charge in [0.15, 0.2) is 5.69 Å². The summed E-state index contributed by atoms with van der Waals surface area (Å²) in [7, 11) is 2.73. The summed E-state index contributed by atoms with van der Waals surface area (Å²) in [5.74, 6) is -0.678. The van der Waals surface area contributed by atoms with Crippen LogP contribution in [-0.4, -0.2) is 27.7 Å². The summed E-state index contributed by atoms with van der Waals surface area (Å²) in [6.07, 6.45) is 0. The number of para-hydroxylation sites is 1. The molecule has 6 nitrogen and oxygen atoms in total. The number of imidazole rings is 1. The van der Waals surface area contributed by atoms with Crippen LogP contribution in [-0.2, 0) is 11.8 Å². The maximum Gasteiger partial charge on any atom is 0.356 e. The van der Waals surface area contributed by atoms with Gasteiger partial charge in [0.2, 0.25) is 0 Å². The number of benzene rings is 1. The Morgan fingerprint density at radius 3 is 2.67 bits per heavy atom. The van der Waals surface area contributed by atoms with E-state index in [0.717, 1.165) is 0 Å². The van der Waals surface area contributed by atoms with Crippen molar-refractivity contribution in [2.24, 2.45) is 7.05 Å². The number of hydrogen-bond donors (Lipinski definition) is 2. The number of ether oxygens (including phenoxy) is 1. The molecule has 0 radical (unpaired) electrons. The first-order chi connectivity index (χ1) is 8.56. The second kappa shape index (κ2) is 4.40. The number of aromatic hydroxyl groups is 1. The average Bonchev–Trinajstić information content (AvgIpc) is 2.66. The Morgan fingerprint density at radius 1 is 1.39 bits per heavy atom. The molecular formula is C12H12N2O4. The van der Waals surface area contributed by atoms with Crippen LogP contribution in [0.25, 0.3) is 11.3 Å². The number of aromatic nitrogens is 2. The fourth-order valence-electron chi connectivity index (χ4n) is 1.76. The molecule has 0 atom stereocenters. The van der Waals surface area contributed by atoms with Crippen molar-refractivity contribution in [2.75, 3.05) is 7.11 Å². The molecule has 0 aliphatic rings. The van der Waals surface area contributed by atoms with Gasteiger partial charge >= 0.3 is 11.7 Å². The Bertz CT molecular complexity index is 654. The molecule has 6 heteroatoms. The highest BCUT2D eigenvalue weighted by molar-refractivity contribution is 5.95. The summed E-state index contributed by atoms with van der Waals surface area (Å²) in [5, 5.41) is 9.80. The number of methoxy groups -OCH3 is 1. The number of nitrogens with one attached hydrogen (secondary N) is 1. The van der Waals surface area contributed by atoms with Crippen LogP contribution in [0.15, 0.2) is 29.1 Å². The van der Waals surface area contributed by atoms with Gasteiger partial charge in [-0.1, -0.05) is 12.1 Å². The highest BCUT2D eigenvalue weighted by Crippen LogP contribution is 2.29. The van der Waals surface area contributed by atoms with E-state index in [4.69, 9.17) is 0 Å². The van der Waals surface area contributed by atoms with E-state index in [1.807, 2.05) is 0 Å². The van der Waals surface area contributed by atoms with E-state index < -0.39 is 11.7 Å². The zero-order valence-corrected chi connectivity index (χ0v) is 9.93. The van der Waals surface area contributed by atoms with Crippen LogP contribution in [0.3, 0.4) is 0 Å². The summed E-state index contributed by atoms with van der Waals surface area (Å²) in [6, 6.07) is 6.45. The molecule has 1 aromatic heterocycles. The van der Waals surface area contributed by atoms with E-state index in [2.05, 4.69) is 9.72 Å². The molecule has 1 aromatic carbocycles. The normalized spacial score (nSPS) is 10.3.